The number of pyridine rings is 2. The van der Waals surface area contributed by atoms with Crippen LogP contribution in [0.5, 0.6) is 5.75 Å². The summed E-state index contributed by atoms with van der Waals surface area (Å²) >= 11 is 5.72. The van der Waals surface area contributed by atoms with Crippen LogP contribution in [-0.4, -0.2) is 25.8 Å². The third-order valence-electron chi connectivity index (χ3n) is 3.28. The molecule has 3 heterocycles. The number of alkyl halides is 3. The lowest BCUT2D eigenvalue weighted by molar-refractivity contribution is -0.143. The van der Waals surface area contributed by atoms with Gasteiger partial charge in [0.1, 0.15) is 5.15 Å². The molecule has 1 N–H and O–H groups in total. The van der Waals surface area contributed by atoms with Gasteiger partial charge >= 0.3 is 12.3 Å². The van der Waals surface area contributed by atoms with Gasteiger partial charge in [-0.2, -0.15) is 18.3 Å². The van der Waals surface area contributed by atoms with Crippen LogP contribution >= 0.6 is 11.6 Å². The maximum Gasteiger partial charge on any atom is 0.437 e. The minimum Gasteiger partial charge on any atom is -0.406 e. The molecule has 0 saturated heterocycles. The van der Waals surface area contributed by atoms with Crippen molar-refractivity contribution in [3.63, 3.8) is 0 Å². The summed E-state index contributed by atoms with van der Waals surface area (Å²) in [6, 6.07) is 7.47. The SMILES string of the molecule is O=C(NCc1cccnc1)Oc1cnn(-c2cccc(Cl)n2)c1C(F)(F)F. The minimum absolute atomic E-state index is 0.00666. The second kappa shape index (κ2) is 7.62. The number of amides is 1. The predicted molar refractivity (Wildman–Crippen MR) is 88.5 cm³/mol. The first-order valence-electron chi connectivity index (χ1n) is 7.47. The Morgan fingerprint density at radius 3 is 2.70 bits per heavy atom. The Morgan fingerprint density at radius 1 is 1.22 bits per heavy atom. The Kier molecular flexibility index (Phi) is 5.26. The first-order chi connectivity index (χ1) is 12.8. The van der Waals surface area contributed by atoms with E-state index in [4.69, 9.17) is 16.3 Å². The zero-order valence-electron chi connectivity index (χ0n) is 13.4. The van der Waals surface area contributed by atoms with Crippen LogP contribution in [0.3, 0.4) is 0 Å². The Bertz CT molecular complexity index is 947. The Hall–Kier alpha value is -3.14. The van der Waals surface area contributed by atoms with Crippen LogP contribution in [-0.2, 0) is 12.7 Å². The maximum absolute atomic E-state index is 13.5. The molecule has 0 bridgehead atoms. The van der Waals surface area contributed by atoms with E-state index in [-0.39, 0.29) is 17.5 Å². The molecule has 0 fully saturated rings. The third-order valence-corrected chi connectivity index (χ3v) is 3.49. The smallest absolute Gasteiger partial charge is 0.406 e. The molecule has 0 spiro atoms. The second-order valence-corrected chi connectivity index (χ2v) is 5.58. The molecule has 1 amide bonds. The summed E-state index contributed by atoms with van der Waals surface area (Å²) in [5, 5.41) is 5.96. The Balaban J connectivity index is 1.82. The quantitative estimate of drug-likeness (QED) is 0.680. The highest BCUT2D eigenvalue weighted by Gasteiger charge is 2.40. The molecule has 0 aliphatic rings. The van der Waals surface area contributed by atoms with Gasteiger partial charge in [0.05, 0.1) is 6.20 Å². The number of rotatable bonds is 4. The maximum atomic E-state index is 13.5. The summed E-state index contributed by atoms with van der Waals surface area (Å²) in [4.78, 5) is 19.5. The molecule has 27 heavy (non-hydrogen) atoms. The number of nitrogens with zero attached hydrogens (tertiary/aromatic N) is 4. The summed E-state index contributed by atoms with van der Waals surface area (Å²) in [6.07, 6.45) is -2.07. The summed E-state index contributed by atoms with van der Waals surface area (Å²) < 4.78 is 45.8. The summed E-state index contributed by atoms with van der Waals surface area (Å²) in [5.74, 6) is -0.923. The van der Waals surface area contributed by atoms with Gasteiger partial charge in [0.2, 0.25) is 0 Å². The van der Waals surface area contributed by atoms with E-state index < -0.39 is 23.7 Å². The van der Waals surface area contributed by atoms with Crippen LogP contribution in [0.1, 0.15) is 11.3 Å². The number of hydrogen-bond acceptors (Lipinski definition) is 5. The van der Waals surface area contributed by atoms with E-state index in [2.05, 4.69) is 20.4 Å². The van der Waals surface area contributed by atoms with Crippen molar-refractivity contribution in [3.05, 3.63) is 65.3 Å². The van der Waals surface area contributed by atoms with Gasteiger partial charge < -0.3 is 10.1 Å². The highest BCUT2D eigenvalue weighted by molar-refractivity contribution is 6.29. The van der Waals surface area contributed by atoms with E-state index in [1.54, 1.807) is 18.3 Å². The van der Waals surface area contributed by atoms with Crippen LogP contribution < -0.4 is 10.1 Å². The van der Waals surface area contributed by atoms with Gasteiger partial charge in [-0.25, -0.2) is 14.5 Å². The summed E-state index contributed by atoms with van der Waals surface area (Å²) in [6.45, 7) is 0.0397. The standard InChI is InChI=1S/C16H11ClF3N5O2/c17-12-4-1-5-13(24-12)25-14(16(18,19)20)11(9-23-25)27-15(26)22-8-10-3-2-6-21-7-10/h1-7,9H,8H2,(H,22,26). The van der Waals surface area contributed by atoms with Crippen LogP contribution in [0.25, 0.3) is 5.82 Å². The van der Waals surface area contributed by atoms with E-state index in [9.17, 15) is 18.0 Å². The van der Waals surface area contributed by atoms with Gasteiger partial charge in [-0.05, 0) is 23.8 Å². The van der Waals surface area contributed by atoms with E-state index >= 15 is 0 Å². The van der Waals surface area contributed by atoms with E-state index in [1.807, 2.05) is 0 Å². The number of hydrogen-bond donors (Lipinski definition) is 1. The van der Waals surface area contributed by atoms with E-state index in [1.165, 1.54) is 24.4 Å². The number of ether oxygens (including phenoxy) is 1. The van der Waals surface area contributed by atoms with Crippen molar-refractivity contribution in [3.8, 4) is 11.6 Å². The van der Waals surface area contributed by atoms with Crippen LogP contribution in [0, 0.1) is 0 Å². The topological polar surface area (TPSA) is 81.9 Å². The molecule has 0 aliphatic heterocycles. The molecular weight excluding hydrogens is 387 g/mol. The molecule has 0 aliphatic carbocycles. The fourth-order valence-corrected chi connectivity index (χ4v) is 2.33. The number of carbonyl (C=O) groups is 1. The van der Waals surface area contributed by atoms with Gasteiger partial charge in [0, 0.05) is 18.9 Å². The third kappa shape index (κ3) is 4.53. The number of halogens is 4. The number of nitrogens with one attached hydrogen (secondary N) is 1. The fraction of sp³-hybridized carbons (Fsp3) is 0.125. The zero-order chi connectivity index (χ0) is 19.4. The molecule has 3 rings (SSSR count). The molecule has 0 aromatic carbocycles. The van der Waals surface area contributed by atoms with Gasteiger partial charge in [0.15, 0.2) is 17.3 Å². The molecule has 7 nitrogen and oxygen atoms in total. The van der Waals surface area contributed by atoms with Gasteiger partial charge in [0.25, 0.3) is 0 Å². The molecule has 0 atom stereocenters. The first-order valence-corrected chi connectivity index (χ1v) is 7.85. The lowest BCUT2D eigenvalue weighted by Gasteiger charge is -2.12. The highest BCUT2D eigenvalue weighted by atomic mass is 35.5. The first kappa shape index (κ1) is 18.6. The van der Waals surface area contributed by atoms with Crippen molar-refractivity contribution in [2.45, 2.75) is 12.7 Å². The molecule has 0 saturated carbocycles. The minimum atomic E-state index is -4.85. The molecule has 3 aromatic heterocycles. The Morgan fingerprint density at radius 2 is 2.04 bits per heavy atom. The van der Waals surface area contributed by atoms with Crippen LogP contribution in [0.15, 0.2) is 48.9 Å². The molecule has 0 radical (unpaired) electrons. The van der Waals surface area contributed by atoms with Crippen LogP contribution in [0.2, 0.25) is 5.15 Å². The molecule has 140 valence electrons. The van der Waals surface area contributed by atoms with Crippen molar-refractivity contribution in [2.75, 3.05) is 0 Å². The van der Waals surface area contributed by atoms with Crippen molar-refractivity contribution >= 4 is 17.7 Å². The lowest BCUT2D eigenvalue weighted by Crippen LogP contribution is -2.27. The number of aromatic nitrogens is 4. The zero-order valence-corrected chi connectivity index (χ0v) is 14.2. The van der Waals surface area contributed by atoms with Crippen molar-refractivity contribution in [1.82, 2.24) is 25.1 Å². The molecular formula is C16H11ClF3N5O2. The van der Waals surface area contributed by atoms with Crippen molar-refractivity contribution in [2.24, 2.45) is 0 Å². The molecule has 0 unspecified atom stereocenters. The molecule has 3 aromatic rings. The highest BCUT2D eigenvalue weighted by Crippen LogP contribution is 2.37. The average molecular weight is 398 g/mol. The van der Waals surface area contributed by atoms with Crippen molar-refractivity contribution in [1.29, 1.82) is 0 Å². The monoisotopic (exact) mass is 397 g/mol. The number of carbonyl (C=O) groups excluding carboxylic acids is 1. The van der Waals surface area contributed by atoms with E-state index in [0.717, 1.165) is 6.20 Å². The molecule has 11 heteroatoms. The summed E-state index contributed by atoms with van der Waals surface area (Å²) in [5.41, 5.74) is -0.627. The van der Waals surface area contributed by atoms with E-state index in [0.29, 0.717) is 10.2 Å². The van der Waals surface area contributed by atoms with Gasteiger partial charge in [-0.1, -0.05) is 23.7 Å². The fourth-order valence-electron chi connectivity index (χ4n) is 2.17. The lowest BCUT2D eigenvalue weighted by atomic mass is 10.3. The van der Waals surface area contributed by atoms with Gasteiger partial charge in [-0.3, -0.25) is 4.98 Å². The summed E-state index contributed by atoms with van der Waals surface area (Å²) in [7, 11) is 0. The Labute approximate surface area is 155 Å². The normalized spacial score (nSPS) is 11.3. The largest absolute Gasteiger partial charge is 0.437 e. The van der Waals surface area contributed by atoms with Gasteiger partial charge in [-0.15, -0.1) is 0 Å². The van der Waals surface area contributed by atoms with Crippen molar-refractivity contribution < 1.29 is 22.7 Å². The average Bonchev–Trinajstić information content (AvgIpc) is 3.05. The predicted octanol–water partition coefficient (Wildman–Crippen LogP) is 3.62. The van der Waals surface area contributed by atoms with Crippen LogP contribution in [0.4, 0.5) is 18.0 Å². The second-order valence-electron chi connectivity index (χ2n) is 5.19.